The van der Waals surface area contributed by atoms with Gasteiger partial charge in [0.05, 0.1) is 16.8 Å². The summed E-state index contributed by atoms with van der Waals surface area (Å²) in [4.78, 5) is 37.1. The number of nitrogens with one attached hydrogen (secondary N) is 1. The number of ketones is 1. The third-order valence-corrected chi connectivity index (χ3v) is 4.64. The molecule has 0 aliphatic carbocycles. The van der Waals surface area contributed by atoms with E-state index >= 15 is 0 Å². The first-order valence-corrected chi connectivity index (χ1v) is 9.26. The third-order valence-electron chi connectivity index (χ3n) is 3.94. The molecule has 3 aromatic rings. The molecule has 0 fully saturated rings. The van der Waals surface area contributed by atoms with Crippen molar-refractivity contribution in [2.75, 3.05) is 11.9 Å². The van der Waals surface area contributed by atoms with E-state index in [1.807, 2.05) is 0 Å². The Bertz CT molecular complexity index is 1020. The maximum absolute atomic E-state index is 12.5. The number of Topliss-reactive ketones (excluding diaryl/α,β-unsaturated/α-hetero) is 1. The van der Waals surface area contributed by atoms with Crippen molar-refractivity contribution in [3.8, 4) is 0 Å². The summed E-state index contributed by atoms with van der Waals surface area (Å²) in [6.07, 6.45) is 0. The molecular weight excluding hydrogens is 422 g/mol. The van der Waals surface area contributed by atoms with Gasteiger partial charge in [-0.1, -0.05) is 54.6 Å². The maximum atomic E-state index is 12.5. The van der Waals surface area contributed by atoms with Gasteiger partial charge in [-0.05, 0) is 40.2 Å². The van der Waals surface area contributed by atoms with Gasteiger partial charge in [0.15, 0.2) is 12.4 Å². The van der Waals surface area contributed by atoms with Crippen LogP contribution in [0.4, 0.5) is 5.69 Å². The molecule has 0 radical (unpaired) electrons. The van der Waals surface area contributed by atoms with Crippen molar-refractivity contribution < 1.29 is 19.1 Å². The summed E-state index contributed by atoms with van der Waals surface area (Å²) in [6.45, 7) is -0.380. The molecule has 0 aromatic heterocycles. The lowest BCUT2D eigenvalue weighted by molar-refractivity contribution is 0.0475. The molecule has 5 nitrogen and oxygen atoms in total. The molecule has 140 valence electrons. The van der Waals surface area contributed by atoms with E-state index in [0.29, 0.717) is 21.3 Å². The van der Waals surface area contributed by atoms with Crippen LogP contribution in [-0.2, 0) is 4.74 Å². The molecular formula is C22H16BrNO4. The van der Waals surface area contributed by atoms with E-state index in [-0.39, 0.29) is 23.9 Å². The van der Waals surface area contributed by atoms with Gasteiger partial charge < -0.3 is 10.1 Å². The largest absolute Gasteiger partial charge is 0.454 e. The van der Waals surface area contributed by atoms with Gasteiger partial charge >= 0.3 is 5.97 Å². The zero-order chi connectivity index (χ0) is 19.9. The van der Waals surface area contributed by atoms with E-state index in [4.69, 9.17) is 4.74 Å². The predicted molar refractivity (Wildman–Crippen MR) is 110 cm³/mol. The van der Waals surface area contributed by atoms with E-state index in [1.165, 1.54) is 6.07 Å². The number of carbonyl (C=O) groups is 3. The van der Waals surface area contributed by atoms with E-state index in [0.717, 1.165) is 0 Å². The Morgan fingerprint density at radius 2 is 1.39 bits per heavy atom. The van der Waals surface area contributed by atoms with Crippen molar-refractivity contribution in [3.05, 3.63) is 100 Å². The Labute approximate surface area is 170 Å². The number of esters is 1. The summed E-state index contributed by atoms with van der Waals surface area (Å²) in [7, 11) is 0. The average Bonchev–Trinajstić information content (AvgIpc) is 2.73. The van der Waals surface area contributed by atoms with Gasteiger partial charge in [-0.2, -0.15) is 0 Å². The van der Waals surface area contributed by atoms with Gasteiger partial charge in [0.2, 0.25) is 0 Å². The number of ether oxygens (including phenoxy) is 1. The topological polar surface area (TPSA) is 72.5 Å². The molecule has 0 bridgehead atoms. The average molecular weight is 438 g/mol. The van der Waals surface area contributed by atoms with Crippen LogP contribution in [0.1, 0.15) is 31.1 Å². The smallest absolute Gasteiger partial charge is 0.340 e. The number of anilines is 1. The minimum atomic E-state index is -0.688. The number of hydrogen-bond acceptors (Lipinski definition) is 4. The molecule has 0 spiro atoms. The van der Waals surface area contributed by atoms with Crippen LogP contribution in [0.5, 0.6) is 0 Å². The number of rotatable bonds is 6. The van der Waals surface area contributed by atoms with E-state index < -0.39 is 5.97 Å². The quantitative estimate of drug-likeness (QED) is 0.446. The Morgan fingerprint density at radius 1 is 0.786 bits per heavy atom. The monoisotopic (exact) mass is 437 g/mol. The number of hydrogen-bond donors (Lipinski definition) is 1. The molecule has 3 rings (SSSR count). The molecule has 0 saturated carbocycles. The van der Waals surface area contributed by atoms with Crippen LogP contribution in [0.2, 0.25) is 0 Å². The van der Waals surface area contributed by atoms with Crippen LogP contribution in [0.15, 0.2) is 83.3 Å². The van der Waals surface area contributed by atoms with Crippen LogP contribution < -0.4 is 5.32 Å². The Kier molecular flexibility index (Phi) is 6.34. The van der Waals surface area contributed by atoms with E-state index in [9.17, 15) is 14.4 Å². The number of para-hydroxylation sites is 1. The van der Waals surface area contributed by atoms with Crippen molar-refractivity contribution >= 4 is 39.3 Å². The molecule has 1 amide bonds. The van der Waals surface area contributed by atoms with Gasteiger partial charge in [0, 0.05) is 10.0 Å². The first kappa shape index (κ1) is 19.5. The van der Waals surface area contributed by atoms with E-state index in [1.54, 1.807) is 72.8 Å². The molecule has 28 heavy (non-hydrogen) atoms. The highest BCUT2D eigenvalue weighted by atomic mass is 79.9. The number of amides is 1. The number of carbonyl (C=O) groups excluding carboxylic acids is 3. The Balaban J connectivity index is 1.71. The van der Waals surface area contributed by atoms with Crippen LogP contribution in [0, 0.1) is 0 Å². The van der Waals surface area contributed by atoms with Crippen molar-refractivity contribution in [2.24, 2.45) is 0 Å². The van der Waals surface area contributed by atoms with Crippen molar-refractivity contribution in [3.63, 3.8) is 0 Å². The summed E-state index contributed by atoms with van der Waals surface area (Å²) < 4.78 is 5.79. The lowest BCUT2D eigenvalue weighted by Crippen LogP contribution is -2.18. The molecule has 0 saturated heterocycles. The molecule has 0 unspecified atom stereocenters. The van der Waals surface area contributed by atoms with Gasteiger partial charge in [-0.15, -0.1) is 0 Å². The van der Waals surface area contributed by atoms with Crippen molar-refractivity contribution in [2.45, 2.75) is 0 Å². The fourth-order valence-electron chi connectivity index (χ4n) is 2.52. The lowest BCUT2D eigenvalue weighted by atomic mass is 10.1. The number of halogens is 1. The summed E-state index contributed by atoms with van der Waals surface area (Å²) in [5.41, 5.74) is 1.37. The summed E-state index contributed by atoms with van der Waals surface area (Å²) in [5, 5.41) is 2.71. The summed E-state index contributed by atoms with van der Waals surface area (Å²) >= 11 is 3.33. The van der Waals surface area contributed by atoms with Gasteiger partial charge in [-0.25, -0.2) is 4.79 Å². The second-order valence-corrected chi connectivity index (χ2v) is 6.70. The lowest BCUT2D eigenvalue weighted by Gasteiger charge is -2.11. The summed E-state index contributed by atoms with van der Waals surface area (Å²) in [6, 6.07) is 22.0. The molecule has 1 N–H and O–H groups in total. The van der Waals surface area contributed by atoms with Crippen LogP contribution in [0.3, 0.4) is 0 Å². The second kappa shape index (κ2) is 9.10. The highest BCUT2D eigenvalue weighted by molar-refractivity contribution is 9.10. The minimum absolute atomic E-state index is 0.170. The molecule has 0 aliphatic rings. The van der Waals surface area contributed by atoms with E-state index in [2.05, 4.69) is 21.2 Å². The first-order valence-electron chi connectivity index (χ1n) is 8.46. The Morgan fingerprint density at radius 3 is 2.11 bits per heavy atom. The van der Waals surface area contributed by atoms with Crippen molar-refractivity contribution in [1.29, 1.82) is 0 Å². The zero-order valence-electron chi connectivity index (χ0n) is 14.7. The summed E-state index contributed by atoms with van der Waals surface area (Å²) in [5.74, 6) is -1.36. The van der Waals surface area contributed by atoms with Crippen LogP contribution >= 0.6 is 15.9 Å². The highest BCUT2D eigenvalue weighted by Gasteiger charge is 2.17. The first-order chi connectivity index (χ1) is 13.6. The maximum Gasteiger partial charge on any atom is 0.340 e. The van der Waals surface area contributed by atoms with Gasteiger partial charge in [-0.3, -0.25) is 9.59 Å². The van der Waals surface area contributed by atoms with Crippen molar-refractivity contribution in [1.82, 2.24) is 0 Å². The fourth-order valence-corrected chi connectivity index (χ4v) is 2.99. The predicted octanol–water partition coefficient (Wildman–Crippen LogP) is 4.74. The second-order valence-electron chi connectivity index (χ2n) is 5.84. The number of benzene rings is 3. The molecule has 0 atom stereocenters. The van der Waals surface area contributed by atoms with Gasteiger partial charge in [0.25, 0.3) is 5.91 Å². The SMILES string of the molecule is O=C(COC(=O)c1ccccc1NC(=O)c1ccccc1Br)c1ccccc1. The zero-order valence-corrected chi connectivity index (χ0v) is 16.3. The van der Waals surface area contributed by atoms with Crippen LogP contribution in [0.25, 0.3) is 0 Å². The van der Waals surface area contributed by atoms with Crippen LogP contribution in [-0.4, -0.2) is 24.3 Å². The minimum Gasteiger partial charge on any atom is -0.454 e. The standard InChI is InChI=1S/C22H16BrNO4/c23-18-12-6-4-10-16(18)21(26)24-19-13-7-5-11-17(19)22(27)28-14-20(25)15-8-2-1-3-9-15/h1-13H,14H2,(H,24,26). The normalized spacial score (nSPS) is 10.2. The Hall–Kier alpha value is -3.25. The van der Waals surface area contributed by atoms with Gasteiger partial charge in [0.1, 0.15) is 0 Å². The molecule has 3 aromatic carbocycles. The fraction of sp³-hybridized carbons (Fsp3) is 0.0455. The third kappa shape index (κ3) is 4.72. The molecule has 0 heterocycles. The highest BCUT2D eigenvalue weighted by Crippen LogP contribution is 2.21. The molecule has 6 heteroatoms. The molecule has 0 aliphatic heterocycles.